The summed E-state index contributed by atoms with van der Waals surface area (Å²) < 4.78 is 9.97. The lowest BCUT2D eigenvalue weighted by molar-refractivity contribution is -0.158. The van der Waals surface area contributed by atoms with Gasteiger partial charge in [0.2, 0.25) is 0 Å². The minimum absolute atomic E-state index is 0.0916. The first-order chi connectivity index (χ1) is 13.2. The molecule has 0 bridgehead atoms. The molecule has 158 valence electrons. The standard InChI is InChI=1S/C23H36O5/c1-6-16-19(24)12-18-15-8-7-14(11-20(25)27-4)23(3,13-21(26)28-5)17(15)9-10-22(16,18)2/h14-18H,6-13H2,1-5H3. The van der Waals surface area contributed by atoms with E-state index in [9.17, 15) is 14.4 Å². The third-order valence-corrected chi connectivity index (χ3v) is 8.91. The van der Waals surface area contributed by atoms with Crippen LogP contribution in [-0.4, -0.2) is 31.9 Å². The largest absolute Gasteiger partial charge is 0.469 e. The van der Waals surface area contributed by atoms with E-state index in [0.29, 0.717) is 42.8 Å². The van der Waals surface area contributed by atoms with E-state index in [-0.39, 0.29) is 34.6 Å². The number of ether oxygens (including phenoxy) is 2. The molecule has 3 fully saturated rings. The highest BCUT2D eigenvalue weighted by Gasteiger charge is 2.61. The number of rotatable bonds is 5. The van der Waals surface area contributed by atoms with Crippen LogP contribution in [0.3, 0.4) is 0 Å². The van der Waals surface area contributed by atoms with E-state index in [0.717, 1.165) is 32.1 Å². The number of esters is 2. The van der Waals surface area contributed by atoms with Crippen molar-refractivity contribution >= 4 is 17.7 Å². The molecule has 3 aliphatic rings. The normalized spacial score (nSPS) is 42.5. The average molecular weight is 393 g/mol. The molecule has 0 N–H and O–H groups in total. The average Bonchev–Trinajstić information content (AvgIpc) is 2.93. The van der Waals surface area contributed by atoms with Crippen molar-refractivity contribution in [3.63, 3.8) is 0 Å². The van der Waals surface area contributed by atoms with Crippen molar-refractivity contribution < 1.29 is 23.9 Å². The van der Waals surface area contributed by atoms with Crippen molar-refractivity contribution in [1.82, 2.24) is 0 Å². The van der Waals surface area contributed by atoms with Crippen LogP contribution in [0.4, 0.5) is 0 Å². The Morgan fingerprint density at radius 3 is 2.32 bits per heavy atom. The Kier molecular flexibility index (Phi) is 5.94. The van der Waals surface area contributed by atoms with Crippen molar-refractivity contribution in [1.29, 1.82) is 0 Å². The van der Waals surface area contributed by atoms with Crippen molar-refractivity contribution in [2.45, 2.75) is 72.1 Å². The Labute approximate surface area is 168 Å². The number of fused-ring (bicyclic) bond motifs is 3. The SMILES string of the molecule is CCC1C(=O)CC2C3CCC(CC(=O)OC)C(C)(CC(=O)OC)C3CCC12C. The zero-order valence-corrected chi connectivity index (χ0v) is 18.1. The van der Waals surface area contributed by atoms with Gasteiger partial charge in [-0.05, 0) is 66.6 Å². The highest BCUT2D eigenvalue weighted by Crippen LogP contribution is 2.66. The third kappa shape index (κ3) is 3.29. The van der Waals surface area contributed by atoms with Gasteiger partial charge in [-0.15, -0.1) is 0 Å². The molecule has 7 unspecified atom stereocenters. The second kappa shape index (κ2) is 7.79. The molecular weight excluding hydrogens is 356 g/mol. The van der Waals surface area contributed by atoms with E-state index in [2.05, 4.69) is 20.8 Å². The minimum atomic E-state index is -0.293. The highest BCUT2D eigenvalue weighted by atomic mass is 16.5. The monoisotopic (exact) mass is 392 g/mol. The van der Waals surface area contributed by atoms with Gasteiger partial charge in [-0.1, -0.05) is 20.8 Å². The molecule has 0 radical (unpaired) electrons. The van der Waals surface area contributed by atoms with Gasteiger partial charge in [-0.25, -0.2) is 0 Å². The number of ketones is 1. The first kappa shape index (κ1) is 21.3. The molecule has 0 amide bonds. The lowest BCUT2D eigenvalue weighted by Crippen LogP contribution is -2.53. The first-order valence-corrected chi connectivity index (χ1v) is 10.9. The molecule has 0 aromatic carbocycles. The molecule has 3 saturated carbocycles. The van der Waals surface area contributed by atoms with E-state index in [1.165, 1.54) is 14.2 Å². The fourth-order valence-corrected chi connectivity index (χ4v) is 7.40. The molecular formula is C23H36O5. The number of carbonyl (C=O) groups is 3. The summed E-state index contributed by atoms with van der Waals surface area (Å²) in [6.07, 6.45) is 6.29. The molecule has 5 heteroatoms. The van der Waals surface area contributed by atoms with Gasteiger partial charge < -0.3 is 9.47 Å². The topological polar surface area (TPSA) is 69.7 Å². The van der Waals surface area contributed by atoms with Crippen molar-refractivity contribution in [2.24, 2.45) is 40.4 Å². The number of carbonyl (C=O) groups excluding carboxylic acids is 3. The Morgan fingerprint density at radius 1 is 1.04 bits per heavy atom. The Morgan fingerprint density at radius 2 is 1.71 bits per heavy atom. The third-order valence-electron chi connectivity index (χ3n) is 8.91. The fourth-order valence-electron chi connectivity index (χ4n) is 7.40. The maximum Gasteiger partial charge on any atom is 0.306 e. The predicted octanol–water partition coefficient (Wildman–Crippen LogP) is 4.18. The highest BCUT2D eigenvalue weighted by molar-refractivity contribution is 5.84. The van der Waals surface area contributed by atoms with E-state index in [4.69, 9.17) is 9.47 Å². The summed E-state index contributed by atoms with van der Waals surface area (Å²) in [5, 5.41) is 0. The quantitative estimate of drug-likeness (QED) is 0.657. The van der Waals surface area contributed by atoms with Gasteiger partial charge in [0.15, 0.2) is 0 Å². The van der Waals surface area contributed by atoms with E-state index in [1.54, 1.807) is 0 Å². The van der Waals surface area contributed by atoms with E-state index < -0.39 is 0 Å². The Hall–Kier alpha value is -1.39. The fraction of sp³-hybridized carbons (Fsp3) is 0.870. The van der Waals surface area contributed by atoms with Crippen LogP contribution in [0.25, 0.3) is 0 Å². The molecule has 0 aromatic heterocycles. The summed E-state index contributed by atoms with van der Waals surface area (Å²) >= 11 is 0. The van der Waals surface area contributed by atoms with Crippen molar-refractivity contribution in [2.75, 3.05) is 14.2 Å². The zero-order valence-electron chi connectivity index (χ0n) is 18.1. The van der Waals surface area contributed by atoms with Crippen LogP contribution in [0.15, 0.2) is 0 Å². The summed E-state index contributed by atoms with van der Waals surface area (Å²) in [5.74, 6) is 1.51. The molecule has 0 aromatic rings. The van der Waals surface area contributed by atoms with Gasteiger partial charge in [-0.3, -0.25) is 14.4 Å². The zero-order chi connectivity index (χ0) is 20.7. The lowest BCUT2D eigenvalue weighted by Gasteiger charge is -2.58. The molecule has 0 aliphatic heterocycles. The molecule has 3 rings (SSSR count). The van der Waals surface area contributed by atoms with Crippen LogP contribution in [-0.2, 0) is 23.9 Å². The number of methoxy groups -OCH3 is 2. The number of hydrogen-bond donors (Lipinski definition) is 0. The second-order valence-electron chi connectivity index (χ2n) is 9.87. The summed E-state index contributed by atoms with van der Waals surface area (Å²) in [6.45, 7) is 6.63. The Balaban J connectivity index is 1.92. The molecule has 28 heavy (non-hydrogen) atoms. The number of hydrogen-bond acceptors (Lipinski definition) is 5. The van der Waals surface area contributed by atoms with Gasteiger partial charge >= 0.3 is 11.9 Å². The van der Waals surface area contributed by atoms with Crippen LogP contribution >= 0.6 is 0 Å². The van der Waals surface area contributed by atoms with Crippen LogP contribution in [0.5, 0.6) is 0 Å². The van der Waals surface area contributed by atoms with Crippen LogP contribution in [0, 0.1) is 40.4 Å². The summed E-state index contributed by atoms with van der Waals surface area (Å²) in [7, 11) is 2.85. The summed E-state index contributed by atoms with van der Waals surface area (Å²) in [4.78, 5) is 37.1. The van der Waals surface area contributed by atoms with Crippen molar-refractivity contribution in [3.8, 4) is 0 Å². The van der Waals surface area contributed by atoms with Gasteiger partial charge in [0.05, 0.1) is 20.6 Å². The minimum Gasteiger partial charge on any atom is -0.469 e. The van der Waals surface area contributed by atoms with Gasteiger partial charge in [0.1, 0.15) is 5.78 Å². The Bertz CT molecular complexity index is 643. The maximum absolute atomic E-state index is 12.8. The van der Waals surface area contributed by atoms with Crippen LogP contribution in [0.1, 0.15) is 72.1 Å². The van der Waals surface area contributed by atoms with Gasteiger partial charge in [0, 0.05) is 18.8 Å². The molecule has 5 nitrogen and oxygen atoms in total. The first-order valence-electron chi connectivity index (χ1n) is 10.9. The predicted molar refractivity (Wildman–Crippen MR) is 105 cm³/mol. The van der Waals surface area contributed by atoms with E-state index >= 15 is 0 Å². The van der Waals surface area contributed by atoms with E-state index in [1.807, 2.05) is 0 Å². The smallest absolute Gasteiger partial charge is 0.306 e. The van der Waals surface area contributed by atoms with Crippen LogP contribution in [0.2, 0.25) is 0 Å². The molecule has 0 heterocycles. The van der Waals surface area contributed by atoms with Gasteiger partial charge in [0.25, 0.3) is 0 Å². The van der Waals surface area contributed by atoms with Gasteiger partial charge in [-0.2, -0.15) is 0 Å². The van der Waals surface area contributed by atoms with Crippen LogP contribution < -0.4 is 0 Å². The second-order valence-corrected chi connectivity index (χ2v) is 9.87. The lowest BCUT2D eigenvalue weighted by atomic mass is 9.46. The molecule has 3 aliphatic carbocycles. The molecule has 7 atom stereocenters. The van der Waals surface area contributed by atoms with Crippen molar-refractivity contribution in [3.05, 3.63) is 0 Å². The summed E-state index contributed by atoms with van der Waals surface area (Å²) in [5.41, 5.74) is -0.201. The summed E-state index contributed by atoms with van der Waals surface area (Å²) in [6, 6.07) is 0. The maximum atomic E-state index is 12.8. The number of Topliss-reactive ketones (excluding diaryl/α,β-unsaturated/α-hetero) is 1. The molecule has 0 saturated heterocycles. The molecule has 0 spiro atoms.